The van der Waals surface area contributed by atoms with Gasteiger partial charge in [0.25, 0.3) is 0 Å². The molecule has 8 amide bonds. The number of aliphatic carboxylic acids is 1. The third-order valence-corrected chi connectivity index (χ3v) is 6.37. The Bertz CT molecular complexity index is 1160. The molecule has 0 unspecified atom stereocenters. The van der Waals surface area contributed by atoms with Gasteiger partial charge in [0.05, 0.1) is 25.2 Å². The van der Waals surface area contributed by atoms with Crippen molar-refractivity contribution in [2.45, 2.75) is 96.1 Å². The topological polar surface area (TPSA) is 344 Å². The van der Waals surface area contributed by atoms with Gasteiger partial charge in [0.15, 0.2) is 0 Å². The number of aliphatic hydroxyl groups is 1. The fourth-order valence-electron chi connectivity index (χ4n) is 3.77. The van der Waals surface area contributed by atoms with Gasteiger partial charge in [-0.25, -0.2) is 0 Å². The van der Waals surface area contributed by atoms with Gasteiger partial charge in [0.2, 0.25) is 47.3 Å². The monoisotopic (exact) mass is 673 g/mol. The van der Waals surface area contributed by atoms with Crippen molar-refractivity contribution >= 4 is 53.2 Å². The molecule has 47 heavy (non-hydrogen) atoms. The number of nitrogens with two attached hydrogens (primary N) is 3. The summed E-state index contributed by atoms with van der Waals surface area (Å²) in [6.45, 7) is 4.61. The van der Waals surface area contributed by atoms with Gasteiger partial charge in [0, 0.05) is 12.8 Å². The third kappa shape index (κ3) is 18.0. The van der Waals surface area contributed by atoms with Crippen LogP contribution in [0.4, 0.5) is 0 Å². The van der Waals surface area contributed by atoms with Crippen molar-refractivity contribution in [3.8, 4) is 0 Å². The van der Waals surface area contributed by atoms with Crippen molar-refractivity contribution in [3.63, 3.8) is 0 Å². The van der Waals surface area contributed by atoms with Crippen molar-refractivity contribution in [1.82, 2.24) is 31.9 Å². The first-order valence-electron chi connectivity index (χ1n) is 14.7. The number of rotatable bonds is 22. The maximum atomic E-state index is 13.2. The molecule has 14 N–H and O–H groups in total. The fourth-order valence-corrected chi connectivity index (χ4v) is 3.77. The molecule has 0 radical (unpaired) electrons. The molecule has 0 aliphatic rings. The highest BCUT2D eigenvalue weighted by Gasteiger charge is 2.32. The van der Waals surface area contributed by atoms with Crippen LogP contribution >= 0.6 is 0 Å². The summed E-state index contributed by atoms with van der Waals surface area (Å²) < 4.78 is 0. The van der Waals surface area contributed by atoms with Crippen LogP contribution in [0, 0.1) is 5.92 Å². The molecule has 0 aliphatic heterocycles. The second kappa shape index (κ2) is 21.0. The van der Waals surface area contributed by atoms with Gasteiger partial charge in [-0.15, -0.1) is 0 Å². The van der Waals surface area contributed by atoms with E-state index in [0.29, 0.717) is 0 Å². The molecule has 266 valence electrons. The first-order valence-corrected chi connectivity index (χ1v) is 14.7. The Labute approximate surface area is 271 Å². The fraction of sp³-hybridized carbons (Fsp3) is 0.667. The van der Waals surface area contributed by atoms with Crippen LogP contribution in [0.25, 0.3) is 0 Å². The normalized spacial score (nSPS) is 14.6. The van der Waals surface area contributed by atoms with Crippen LogP contribution < -0.4 is 49.1 Å². The van der Waals surface area contributed by atoms with E-state index >= 15 is 0 Å². The lowest BCUT2D eigenvalue weighted by atomic mass is 10.0. The quantitative estimate of drug-likeness (QED) is 0.0513. The summed E-state index contributed by atoms with van der Waals surface area (Å²) >= 11 is 0. The van der Waals surface area contributed by atoms with Crippen LogP contribution in [-0.4, -0.2) is 113 Å². The van der Waals surface area contributed by atoms with Crippen LogP contribution in [0.15, 0.2) is 0 Å². The number of hydrogen-bond acceptors (Lipinski definition) is 11. The minimum Gasteiger partial charge on any atom is -0.480 e. The zero-order valence-corrected chi connectivity index (χ0v) is 26.8. The number of nitrogens with one attached hydrogen (secondary N) is 6. The van der Waals surface area contributed by atoms with Crippen molar-refractivity contribution in [1.29, 1.82) is 0 Å². The van der Waals surface area contributed by atoms with Gasteiger partial charge >= 0.3 is 5.97 Å². The molecule has 0 spiro atoms. The van der Waals surface area contributed by atoms with Gasteiger partial charge in [-0.2, -0.15) is 0 Å². The van der Waals surface area contributed by atoms with E-state index in [4.69, 9.17) is 22.3 Å². The van der Waals surface area contributed by atoms with E-state index in [9.17, 15) is 48.3 Å². The number of amides is 8. The first kappa shape index (κ1) is 42.1. The average molecular weight is 674 g/mol. The molecule has 6 atom stereocenters. The molecular weight excluding hydrogens is 626 g/mol. The maximum Gasteiger partial charge on any atom is 0.325 e. The average Bonchev–Trinajstić information content (AvgIpc) is 2.96. The lowest BCUT2D eigenvalue weighted by molar-refractivity contribution is -0.142. The molecule has 0 heterocycles. The highest BCUT2D eigenvalue weighted by molar-refractivity contribution is 5.96. The van der Waals surface area contributed by atoms with Gasteiger partial charge in [-0.1, -0.05) is 13.8 Å². The van der Waals surface area contributed by atoms with E-state index in [1.165, 1.54) is 13.8 Å². The predicted octanol–water partition coefficient (Wildman–Crippen LogP) is -5.45. The molecule has 0 aromatic heterocycles. The minimum atomic E-state index is -1.60. The van der Waals surface area contributed by atoms with E-state index in [-0.39, 0.29) is 38.0 Å². The zero-order valence-electron chi connectivity index (χ0n) is 26.8. The Hall–Kier alpha value is -4.85. The Kier molecular flexibility index (Phi) is 18.9. The molecule has 0 bridgehead atoms. The number of hydrogen-bond donors (Lipinski definition) is 11. The third-order valence-electron chi connectivity index (χ3n) is 6.37. The van der Waals surface area contributed by atoms with E-state index in [1.54, 1.807) is 13.8 Å². The van der Waals surface area contributed by atoms with Crippen LogP contribution in [0.2, 0.25) is 0 Å². The number of carbonyl (C=O) groups excluding carboxylic acids is 8. The molecular formula is C27H47N9O11. The smallest absolute Gasteiger partial charge is 0.325 e. The molecule has 0 fully saturated rings. The largest absolute Gasteiger partial charge is 0.480 e. The molecule has 0 aromatic rings. The number of carboxylic acid groups (broad SMARTS) is 1. The standard InChI is InChI=1S/C27H47N9O11/c1-12(2)9-17(25(44)34-16(6-8-19(30)39)24(43)33-13(3)27(46)47)35-26(45)22(14(4)37)36-21(41)11-31-20(40)10-32-23(42)15(28)5-7-18(29)38/h12-17,22,37H,5-11,28H2,1-4H3,(H2,29,38)(H2,30,39)(H,31,40)(H,32,42)(H,33,43)(H,34,44)(H,35,45)(H,36,41)(H,46,47)/t13-,14+,15-,16-,17-,22-/m0/s1. The van der Waals surface area contributed by atoms with Crippen LogP contribution in [0.1, 0.15) is 59.8 Å². The van der Waals surface area contributed by atoms with E-state index < -0.39 is 103 Å². The molecule has 20 nitrogen and oxygen atoms in total. The lowest BCUT2D eigenvalue weighted by Gasteiger charge is -2.27. The van der Waals surface area contributed by atoms with E-state index in [1.807, 2.05) is 0 Å². The van der Waals surface area contributed by atoms with E-state index in [0.717, 1.165) is 0 Å². The van der Waals surface area contributed by atoms with Crippen LogP contribution in [0.5, 0.6) is 0 Å². The summed E-state index contributed by atoms with van der Waals surface area (Å²) in [5.41, 5.74) is 15.8. The molecule has 0 aromatic carbocycles. The van der Waals surface area contributed by atoms with Crippen molar-refractivity contribution in [2.75, 3.05) is 13.1 Å². The summed E-state index contributed by atoms with van der Waals surface area (Å²) in [4.78, 5) is 109. The van der Waals surface area contributed by atoms with Crippen LogP contribution in [0.3, 0.4) is 0 Å². The summed E-state index contributed by atoms with van der Waals surface area (Å²) in [7, 11) is 0. The molecule has 0 aliphatic carbocycles. The molecule has 0 rings (SSSR count). The Morgan fingerprint density at radius 2 is 1.15 bits per heavy atom. The molecule has 0 saturated carbocycles. The maximum absolute atomic E-state index is 13.2. The summed E-state index contributed by atoms with van der Waals surface area (Å²) in [5.74, 6) is -8.19. The SMILES string of the molecule is CC(C)C[C@H](NC(=O)[C@@H](NC(=O)CNC(=O)CNC(=O)[C@@H](N)CCC(N)=O)[C@@H](C)O)C(=O)N[C@@H](CCC(N)=O)C(=O)N[C@@H](C)C(=O)O. The van der Waals surface area contributed by atoms with Gasteiger partial charge in [-0.3, -0.25) is 43.2 Å². The summed E-state index contributed by atoms with van der Waals surface area (Å²) in [6, 6.07) is -6.72. The highest BCUT2D eigenvalue weighted by Crippen LogP contribution is 2.08. The van der Waals surface area contributed by atoms with Gasteiger partial charge < -0.3 is 59.3 Å². The Morgan fingerprint density at radius 3 is 1.66 bits per heavy atom. The predicted molar refractivity (Wildman–Crippen MR) is 163 cm³/mol. The molecule has 20 heteroatoms. The van der Waals surface area contributed by atoms with E-state index in [2.05, 4.69) is 31.9 Å². The zero-order chi connectivity index (χ0) is 36.4. The van der Waals surface area contributed by atoms with Gasteiger partial charge in [-0.05, 0) is 39.0 Å². The highest BCUT2D eigenvalue weighted by atomic mass is 16.4. The van der Waals surface area contributed by atoms with Crippen molar-refractivity contribution in [3.05, 3.63) is 0 Å². The second-order valence-corrected chi connectivity index (χ2v) is 11.2. The number of aliphatic hydroxyl groups excluding tert-OH is 1. The minimum absolute atomic E-state index is 0.0295. The molecule has 0 saturated heterocycles. The summed E-state index contributed by atoms with van der Waals surface area (Å²) in [6.07, 6.45) is -2.22. The number of carbonyl (C=O) groups is 9. The Morgan fingerprint density at radius 1 is 0.638 bits per heavy atom. The first-order chi connectivity index (χ1) is 21.7. The van der Waals surface area contributed by atoms with Crippen LogP contribution in [-0.2, 0) is 43.2 Å². The lowest BCUT2D eigenvalue weighted by Crippen LogP contribution is -2.60. The van der Waals surface area contributed by atoms with Gasteiger partial charge in [0.1, 0.15) is 24.2 Å². The number of carboxylic acids is 1. The van der Waals surface area contributed by atoms with Crippen molar-refractivity contribution in [2.24, 2.45) is 23.1 Å². The van der Waals surface area contributed by atoms with Crippen molar-refractivity contribution < 1.29 is 53.4 Å². The second-order valence-electron chi connectivity index (χ2n) is 11.2. The summed E-state index contributed by atoms with van der Waals surface area (Å²) in [5, 5.41) is 32.9. The number of primary amides is 2. The Balaban J connectivity index is 5.41.